The van der Waals surface area contributed by atoms with Crippen LogP contribution in [0.5, 0.6) is 5.75 Å². The van der Waals surface area contributed by atoms with E-state index in [0.717, 1.165) is 5.56 Å². The van der Waals surface area contributed by atoms with E-state index in [4.69, 9.17) is 16.3 Å². The summed E-state index contributed by atoms with van der Waals surface area (Å²) in [6.07, 6.45) is 1.44. The average Bonchev–Trinajstić information content (AvgIpc) is 2.83. The highest BCUT2D eigenvalue weighted by Gasteiger charge is 2.18. The van der Waals surface area contributed by atoms with Gasteiger partial charge in [0.1, 0.15) is 11.4 Å². The SMILES string of the molecule is COc1ccc(NC(=O)/C(=C/c2ccc([N+](=O)[O-])cc2)NC(=O)c2ccc(C(C)(C)C)cc2)cc1Cl. The number of rotatable bonds is 7. The molecule has 9 heteroatoms. The van der Waals surface area contributed by atoms with Crippen LogP contribution in [0, 0.1) is 10.1 Å². The molecule has 0 atom stereocenters. The summed E-state index contributed by atoms with van der Waals surface area (Å²) in [5.74, 6) is -0.635. The molecule has 3 rings (SSSR count). The fraction of sp³-hybridized carbons (Fsp3) is 0.185. The first-order valence-electron chi connectivity index (χ1n) is 11.0. The molecule has 0 saturated heterocycles. The van der Waals surface area contributed by atoms with E-state index in [-0.39, 0.29) is 16.8 Å². The highest BCUT2D eigenvalue weighted by atomic mass is 35.5. The van der Waals surface area contributed by atoms with Gasteiger partial charge in [-0.15, -0.1) is 0 Å². The summed E-state index contributed by atoms with van der Waals surface area (Å²) in [7, 11) is 1.48. The van der Waals surface area contributed by atoms with Crippen LogP contribution in [-0.2, 0) is 10.2 Å². The molecule has 0 radical (unpaired) electrons. The lowest BCUT2D eigenvalue weighted by molar-refractivity contribution is -0.384. The number of anilines is 1. The Morgan fingerprint density at radius 1 is 1.00 bits per heavy atom. The summed E-state index contributed by atoms with van der Waals surface area (Å²) in [6.45, 7) is 6.22. The number of carbonyl (C=O) groups is 2. The van der Waals surface area contributed by atoms with Gasteiger partial charge in [-0.1, -0.05) is 44.5 Å². The van der Waals surface area contributed by atoms with Gasteiger partial charge >= 0.3 is 0 Å². The molecule has 8 nitrogen and oxygen atoms in total. The zero-order chi connectivity index (χ0) is 26.5. The predicted molar refractivity (Wildman–Crippen MR) is 140 cm³/mol. The number of nitro benzene ring substituents is 1. The van der Waals surface area contributed by atoms with Crippen LogP contribution < -0.4 is 15.4 Å². The second-order valence-corrected chi connectivity index (χ2v) is 9.40. The van der Waals surface area contributed by atoms with E-state index in [0.29, 0.717) is 27.6 Å². The highest BCUT2D eigenvalue weighted by Crippen LogP contribution is 2.27. The fourth-order valence-corrected chi connectivity index (χ4v) is 3.53. The molecule has 36 heavy (non-hydrogen) atoms. The minimum atomic E-state index is -0.603. The average molecular weight is 508 g/mol. The van der Waals surface area contributed by atoms with Crippen molar-refractivity contribution in [2.45, 2.75) is 26.2 Å². The van der Waals surface area contributed by atoms with E-state index in [1.54, 1.807) is 24.3 Å². The summed E-state index contributed by atoms with van der Waals surface area (Å²) < 4.78 is 5.13. The third-order valence-corrected chi connectivity index (χ3v) is 5.63. The maximum atomic E-state index is 13.1. The Kier molecular flexibility index (Phi) is 8.11. The summed E-state index contributed by atoms with van der Waals surface area (Å²) in [4.78, 5) is 36.6. The lowest BCUT2D eigenvalue weighted by Gasteiger charge is -2.19. The van der Waals surface area contributed by atoms with Crippen molar-refractivity contribution in [2.24, 2.45) is 0 Å². The molecule has 0 heterocycles. The first-order valence-corrected chi connectivity index (χ1v) is 11.4. The number of halogens is 1. The summed E-state index contributed by atoms with van der Waals surface area (Å²) in [5, 5.41) is 16.6. The molecule has 0 aliphatic carbocycles. The molecule has 3 aromatic carbocycles. The van der Waals surface area contributed by atoms with E-state index in [2.05, 4.69) is 31.4 Å². The molecular formula is C27H26ClN3O5. The van der Waals surface area contributed by atoms with Crippen molar-refractivity contribution in [2.75, 3.05) is 12.4 Å². The number of nitrogens with zero attached hydrogens (tertiary/aromatic N) is 1. The van der Waals surface area contributed by atoms with Crippen molar-refractivity contribution in [1.29, 1.82) is 0 Å². The Balaban J connectivity index is 1.90. The number of nitro groups is 1. The van der Waals surface area contributed by atoms with Gasteiger partial charge in [-0.2, -0.15) is 0 Å². The molecule has 0 aliphatic rings. The summed E-state index contributed by atoms with van der Waals surface area (Å²) in [6, 6.07) is 17.5. The van der Waals surface area contributed by atoms with Crippen LogP contribution in [0.4, 0.5) is 11.4 Å². The number of benzene rings is 3. The number of methoxy groups -OCH3 is 1. The molecule has 0 unspecified atom stereocenters. The van der Waals surface area contributed by atoms with Gasteiger partial charge in [-0.25, -0.2) is 0 Å². The van der Waals surface area contributed by atoms with Crippen molar-refractivity contribution in [3.05, 3.63) is 104 Å². The zero-order valence-corrected chi connectivity index (χ0v) is 21.1. The number of non-ortho nitro benzene ring substituents is 1. The van der Waals surface area contributed by atoms with Gasteiger partial charge < -0.3 is 15.4 Å². The van der Waals surface area contributed by atoms with E-state index in [1.165, 1.54) is 43.5 Å². The van der Waals surface area contributed by atoms with Crippen LogP contribution >= 0.6 is 11.6 Å². The number of hydrogen-bond donors (Lipinski definition) is 2. The van der Waals surface area contributed by atoms with Crippen LogP contribution in [0.1, 0.15) is 42.3 Å². The third-order valence-electron chi connectivity index (χ3n) is 5.33. The van der Waals surface area contributed by atoms with E-state index < -0.39 is 16.7 Å². The lowest BCUT2D eigenvalue weighted by Crippen LogP contribution is -2.30. The van der Waals surface area contributed by atoms with Crippen LogP contribution in [0.15, 0.2) is 72.4 Å². The molecule has 186 valence electrons. The minimum Gasteiger partial charge on any atom is -0.495 e. The smallest absolute Gasteiger partial charge is 0.272 e. The predicted octanol–water partition coefficient (Wildman–Crippen LogP) is 5.96. The molecule has 0 aliphatic heterocycles. The molecule has 0 bridgehead atoms. The Bertz CT molecular complexity index is 1310. The quantitative estimate of drug-likeness (QED) is 0.233. The zero-order valence-electron chi connectivity index (χ0n) is 20.3. The maximum Gasteiger partial charge on any atom is 0.272 e. The molecule has 0 saturated carbocycles. The van der Waals surface area contributed by atoms with Crippen molar-refractivity contribution < 1.29 is 19.2 Å². The monoisotopic (exact) mass is 507 g/mol. The van der Waals surface area contributed by atoms with E-state index in [1.807, 2.05) is 12.1 Å². The van der Waals surface area contributed by atoms with Gasteiger partial charge in [0.25, 0.3) is 17.5 Å². The Morgan fingerprint density at radius 2 is 1.64 bits per heavy atom. The Morgan fingerprint density at radius 3 is 2.17 bits per heavy atom. The van der Waals surface area contributed by atoms with Crippen LogP contribution in [0.2, 0.25) is 5.02 Å². The van der Waals surface area contributed by atoms with Gasteiger partial charge in [0.2, 0.25) is 0 Å². The maximum absolute atomic E-state index is 13.1. The first kappa shape index (κ1) is 26.4. The summed E-state index contributed by atoms with van der Waals surface area (Å²) in [5.41, 5.74) is 2.10. The molecule has 0 aromatic heterocycles. The van der Waals surface area contributed by atoms with Crippen LogP contribution in [0.25, 0.3) is 6.08 Å². The van der Waals surface area contributed by atoms with E-state index in [9.17, 15) is 19.7 Å². The number of ether oxygens (including phenoxy) is 1. The molecule has 2 N–H and O–H groups in total. The van der Waals surface area contributed by atoms with E-state index >= 15 is 0 Å². The summed E-state index contributed by atoms with van der Waals surface area (Å²) >= 11 is 6.16. The van der Waals surface area contributed by atoms with Crippen molar-refractivity contribution in [3.63, 3.8) is 0 Å². The largest absolute Gasteiger partial charge is 0.495 e. The standard InChI is InChI=1S/C27H26ClN3O5/c1-27(2,3)19-9-7-18(8-10-19)25(32)30-23(15-17-5-12-21(13-6-17)31(34)35)26(33)29-20-11-14-24(36-4)22(28)16-20/h5-16H,1-4H3,(H,29,33)(H,30,32)/b23-15-. The number of hydrogen-bond acceptors (Lipinski definition) is 5. The van der Waals surface area contributed by atoms with Gasteiger partial charge in [-0.05, 0) is 65.1 Å². The molecule has 0 spiro atoms. The number of nitrogens with one attached hydrogen (secondary N) is 2. The lowest BCUT2D eigenvalue weighted by atomic mass is 9.87. The molecule has 2 amide bonds. The van der Waals surface area contributed by atoms with Gasteiger partial charge in [0, 0.05) is 23.4 Å². The van der Waals surface area contributed by atoms with Crippen LogP contribution in [-0.4, -0.2) is 23.8 Å². The topological polar surface area (TPSA) is 111 Å². The number of carbonyl (C=O) groups excluding carboxylic acids is 2. The van der Waals surface area contributed by atoms with Crippen molar-refractivity contribution >= 4 is 40.9 Å². The molecule has 0 fully saturated rings. The second-order valence-electron chi connectivity index (χ2n) is 8.99. The van der Waals surface area contributed by atoms with Crippen molar-refractivity contribution in [3.8, 4) is 5.75 Å². The first-order chi connectivity index (χ1) is 17.0. The Hall–Kier alpha value is -4.17. The number of amides is 2. The third kappa shape index (κ3) is 6.70. The minimum absolute atomic E-state index is 0.0549. The van der Waals surface area contributed by atoms with Gasteiger partial charge in [0.05, 0.1) is 17.1 Å². The van der Waals surface area contributed by atoms with Crippen molar-refractivity contribution in [1.82, 2.24) is 5.32 Å². The molecule has 3 aromatic rings. The second kappa shape index (κ2) is 11.0. The highest BCUT2D eigenvalue weighted by molar-refractivity contribution is 6.32. The van der Waals surface area contributed by atoms with Crippen LogP contribution in [0.3, 0.4) is 0 Å². The van der Waals surface area contributed by atoms with Gasteiger partial charge in [-0.3, -0.25) is 19.7 Å². The molecular weight excluding hydrogens is 482 g/mol. The Labute approximate surface area is 214 Å². The normalized spacial score (nSPS) is 11.5. The van der Waals surface area contributed by atoms with Gasteiger partial charge in [0.15, 0.2) is 0 Å². The fourth-order valence-electron chi connectivity index (χ4n) is 3.28.